The van der Waals surface area contributed by atoms with E-state index in [1.807, 2.05) is 0 Å². The number of hydrogen-bond donors (Lipinski definition) is 1. The van der Waals surface area contributed by atoms with E-state index in [-0.39, 0.29) is 12.2 Å². The van der Waals surface area contributed by atoms with Crippen LogP contribution in [0, 0.1) is 5.82 Å². The largest absolute Gasteiger partial charge is 0.481 e. The monoisotopic (exact) mass is 321 g/mol. The molecule has 2 aromatic carbocycles. The van der Waals surface area contributed by atoms with Crippen LogP contribution in [0.15, 0.2) is 36.4 Å². The van der Waals surface area contributed by atoms with Gasteiger partial charge in [-0.3, -0.25) is 4.79 Å². The van der Waals surface area contributed by atoms with Crippen molar-refractivity contribution < 1.29 is 14.3 Å². The molecule has 1 aromatic heterocycles. The molecule has 3 rings (SSSR count). The third-order valence-corrected chi connectivity index (χ3v) is 4.41. The number of carbonyl (C=O) groups is 1. The minimum Gasteiger partial charge on any atom is -0.481 e. The van der Waals surface area contributed by atoms with Gasteiger partial charge in [0, 0.05) is 10.6 Å². The zero-order valence-electron chi connectivity index (χ0n) is 10.6. The fraction of sp³-hybridized carbons (Fsp3) is 0.0667. The van der Waals surface area contributed by atoms with Crippen molar-refractivity contribution in [3.63, 3.8) is 0 Å². The number of thiazole rings is 1. The van der Waals surface area contributed by atoms with Crippen molar-refractivity contribution in [2.45, 2.75) is 6.42 Å². The second-order valence-corrected chi connectivity index (χ2v) is 5.95. The number of aliphatic carboxylic acids is 1. The second-order valence-electron chi connectivity index (χ2n) is 4.51. The first-order chi connectivity index (χ1) is 10.0. The predicted octanol–water partition coefficient (Wildman–Crippen LogP) is 4.38. The zero-order chi connectivity index (χ0) is 15.0. The first-order valence-corrected chi connectivity index (χ1v) is 7.29. The topological polar surface area (TPSA) is 50.2 Å². The Bertz CT molecular complexity index is 847. The third kappa shape index (κ3) is 2.89. The van der Waals surface area contributed by atoms with E-state index < -0.39 is 5.97 Å². The fourth-order valence-corrected chi connectivity index (χ4v) is 3.24. The first kappa shape index (κ1) is 14.0. The van der Waals surface area contributed by atoms with Gasteiger partial charge in [0.1, 0.15) is 10.8 Å². The molecule has 0 bridgehead atoms. The second kappa shape index (κ2) is 5.42. The molecule has 6 heteroatoms. The van der Waals surface area contributed by atoms with Crippen molar-refractivity contribution in [3.8, 4) is 10.6 Å². The maximum atomic E-state index is 13.2. The number of rotatable bonds is 3. The average Bonchev–Trinajstić information content (AvgIpc) is 2.83. The van der Waals surface area contributed by atoms with E-state index in [1.54, 1.807) is 24.3 Å². The van der Waals surface area contributed by atoms with Gasteiger partial charge in [-0.15, -0.1) is 11.3 Å². The highest BCUT2D eigenvalue weighted by atomic mass is 35.5. The highest BCUT2D eigenvalue weighted by Gasteiger charge is 2.11. The SMILES string of the molecule is O=C(O)Cc1ccc(-c2nc3ccc(F)cc3s2)cc1Cl. The first-order valence-electron chi connectivity index (χ1n) is 6.09. The van der Waals surface area contributed by atoms with Gasteiger partial charge in [-0.1, -0.05) is 23.7 Å². The Morgan fingerprint density at radius 1 is 1.29 bits per heavy atom. The molecule has 106 valence electrons. The van der Waals surface area contributed by atoms with Gasteiger partial charge in [0.05, 0.1) is 16.6 Å². The molecule has 0 spiro atoms. The molecule has 0 saturated heterocycles. The minimum atomic E-state index is -0.930. The van der Waals surface area contributed by atoms with E-state index in [4.69, 9.17) is 16.7 Å². The van der Waals surface area contributed by atoms with Crippen molar-refractivity contribution in [1.82, 2.24) is 4.98 Å². The summed E-state index contributed by atoms with van der Waals surface area (Å²) in [6.45, 7) is 0. The average molecular weight is 322 g/mol. The van der Waals surface area contributed by atoms with Gasteiger partial charge in [0.25, 0.3) is 0 Å². The van der Waals surface area contributed by atoms with E-state index in [9.17, 15) is 9.18 Å². The summed E-state index contributed by atoms with van der Waals surface area (Å²) < 4.78 is 13.9. The predicted molar refractivity (Wildman–Crippen MR) is 81.4 cm³/mol. The van der Waals surface area contributed by atoms with Crippen molar-refractivity contribution >= 4 is 39.1 Å². The van der Waals surface area contributed by atoms with E-state index >= 15 is 0 Å². The summed E-state index contributed by atoms with van der Waals surface area (Å²) >= 11 is 7.47. The van der Waals surface area contributed by atoms with Crippen molar-refractivity contribution in [3.05, 3.63) is 52.8 Å². The lowest BCUT2D eigenvalue weighted by Gasteiger charge is -2.03. The highest BCUT2D eigenvalue weighted by Crippen LogP contribution is 2.32. The Balaban J connectivity index is 2.02. The molecule has 0 amide bonds. The van der Waals surface area contributed by atoms with E-state index in [2.05, 4.69) is 4.98 Å². The Hall–Kier alpha value is -1.98. The summed E-state index contributed by atoms with van der Waals surface area (Å²) in [6, 6.07) is 9.58. The Labute approximate surface area is 128 Å². The van der Waals surface area contributed by atoms with Crippen LogP contribution in [-0.2, 0) is 11.2 Å². The van der Waals surface area contributed by atoms with Crippen LogP contribution in [0.2, 0.25) is 5.02 Å². The maximum Gasteiger partial charge on any atom is 0.307 e. The number of carboxylic acids is 1. The molecule has 0 radical (unpaired) electrons. The normalized spacial score (nSPS) is 11.0. The number of halogens is 2. The molecule has 0 aliphatic carbocycles. The van der Waals surface area contributed by atoms with Gasteiger partial charge in [0.15, 0.2) is 0 Å². The Morgan fingerprint density at radius 3 is 2.81 bits per heavy atom. The van der Waals surface area contributed by atoms with Crippen LogP contribution in [0.5, 0.6) is 0 Å². The van der Waals surface area contributed by atoms with Crippen LogP contribution < -0.4 is 0 Å². The number of benzene rings is 2. The van der Waals surface area contributed by atoms with E-state index in [0.29, 0.717) is 10.6 Å². The number of carboxylic acid groups (broad SMARTS) is 1. The van der Waals surface area contributed by atoms with Crippen LogP contribution in [0.4, 0.5) is 4.39 Å². The molecule has 21 heavy (non-hydrogen) atoms. The van der Waals surface area contributed by atoms with Gasteiger partial charge < -0.3 is 5.11 Å². The van der Waals surface area contributed by atoms with Gasteiger partial charge >= 0.3 is 5.97 Å². The lowest BCUT2D eigenvalue weighted by atomic mass is 10.1. The molecular weight excluding hydrogens is 313 g/mol. The molecular formula is C15H9ClFNO2S. The molecule has 3 nitrogen and oxygen atoms in total. The lowest BCUT2D eigenvalue weighted by Crippen LogP contribution is -2.00. The molecule has 0 fully saturated rings. The molecule has 0 aliphatic heterocycles. The van der Waals surface area contributed by atoms with Crippen LogP contribution in [0.1, 0.15) is 5.56 Å². The van der Waals surface area contributed by atoms with E-state index in [1.165, 1.54) is 23.5 Å². The van der Waals surface area contributed by atoms with Crippen LogP contribution in [-0.4, -0.2) is 16.1 Å². The molecule has 0 unspecified atom stereocenters. The van der Waals surface area contributed by atoms with Crippen LogP contribution in [0.3, 0.4) is 0 Å². The smallest absolute Gasteiger partial charge is 0.307 e. The Kier molecular flexibility index (Phi) is 3.61. The van der Waals surface area contributed by atoms with E-state index in [0.717, 1.165) is 20.8 Å². The summed E-state index contributed by atoms with van der Waals surface area (Å²) in [6.07, 6.45) is -0.121. The standard InChI is InChI=1S/C15H9ClFNO2S/c16-11-5-9(2-1-8(11)6-14(19)20)15-18-12-4-3-10(17)7-13(12)21-15/h1-5,7H,6H2,(H,19,20). The summed E-state index contributed by atoms with van der Waals surface area (Å²) in [4.78, 5) is 15.2. The summed E-state index contributed by atoms with van der Waals surface area (Å²) in [5.74, 6) is -1.23. The molecule has 0 aliphatic rings. The number of aromatic nitrogens is 1. The van der Waals surface area contributed by atoms with Crippen molar-refractivity contribution in [2.24, 2.45) is 0 Å². The van der Waals surface area contributed by atoms with Crippen LogP contribution in [0.25, 0.3) is 20.8 Å². The zero-order valence-corrected chi connectivity index (χ0v) is 12.2. The van der Waals surface area contributed by atoms with Gasteiger partial charge in [-0.25, -0.2) is 9.37 Å². The maximum absolute atomic E-state index is 13.2. The molecule has 3 aromatic rings. The molecule has 0 atom stereocenters. The summed E-state index contributed by atoms with van der Waals surface area (Å²) in [7, 11) is 0. The van der Waals surface area contributed by atoms with Gasteiger partial charge in [-0.2, -0.15) is 0 Å². The lowest BCUT2D eigenvalue weighted by molar-refractivity contribution is -0.136. The van der Waals surface area contributed by atoms with Crippen LogP contribution >= 0.6 is 22.9 Å². The fourth-order valence-electron chi connectivity index (χ4n) is 2.01. The highest BCUT2D eigenvalue weighted by molar-refractivity contribution is 7.21. The van der Waals surface area contributed by atoms with Crippen molar-refractivity contribution in [2.75, 3.05) is 0 Å². The summed E-state index contributed by atoms with van der Waals surface area (Å²) in [5.41, 5.74) is 2.07. The van der Waals surface area contributed by atoms with Gasteiger partial charge in [-0.05, 0) is 29.8 Å². The van der Waals surface area contributed by atoms with Crippen molar-refractivity contribution in [1.29, 1.82) is 0 Å². The molecule has 0 saturated carbocycles. The Morgan fingerprint density at radius 2 is 2.10 bits per heavy atom. The minimum absolute atomic E-state index is 0.121. The van der Waals surface area contributed by atoms with Gasteiger partial charge in [0.2, 0.25) is 0 Å². The third-order valence-electron chi connectivity index (χ3n) is 2.99. The quantitative estimate of drug-likeness (QED) is 0.778. The number of hydrogen-bond acceptors (Lipinski definition) is 3. The molecule has 1 N–H and O–H groups in total. The molecule has 1 heterocycles. The number of fused-ring (bicyclic) bond motifs is 1. The summed E-state index contributed by atoms with van der Waals surface area (Å²) in [5, 5.41) is 9.91. The number of nitrogens with zero attached hydrogens (tertiary/aromatic N) is 1.